The highest BCUT2D eigenvalue weighted by Crippen LogP contribution is 2.19. The predicted octanol–water partition coefficient (Wildman–Crippen LogP) is 1.78. The van der Waals surface area contributed by atoms with Gasteiger partial charge in [0.2, 0.25) is 11.8 Å². The molecule has 2 aromatic carbocycles. The van der Waals surface area contributed by atoms with Gasteiger partial charge < -0.3 is 16.0 Å². The van der Waals surface area contributed by atoms with Crippen LogP contribution in [0.25, 0.3) is 0 Å². The van der Waals surface area contributed by atoms with Gasteiger partial charge in [-0.1, -0.05) is 24.3 Å². The van der Waals surface area contributed by atoms with E-state index in [1.165, 1.54) is 0 Å². The van der Waals surface area contributed by atoms with Crippen molar-refractivity contribution in [2.24, 2.45) is 0 Å². The number of likely N-dealkylation sites (tertiary alicyclic amines) is 1. The Bertz CT molecular complexity index is 1050. The van der Waals surface area contributed by atoms with Crippen LogP contribution in [0.1, 0.15) is 40.7 Å². The second kappa shape index (κ2) is 9.62. The van der Waals surface area contributed by atoms with Gasteiger partial charge in [0, 0.05) is 25.7 Å². The molecule has 32 heavy (non-hydrogen) atoms. The van der Waals surface area contributed by atoms with Gasteiger partial charge in [0.1, 0.15) is 6.04 Å². The zero-order valence-corrected chi connectivity index (χ0v) is 17.6. The molecule has 3 amide bonds. The molecule has 8 heteroatoms. The van der Waals surface area contributed by atoms with E-state index in [9.17, 15) is 14.4 Å². The van der Waals surface area contributed by atoms with Crippen molar-refractivity contribution in [1.82, 2.24) is 15.5 Å². The molecule has 2 heterocycles. The number of nitrogens with zero attached hydrogens (tertiary/aromatic N) is 2. The largest absolute Gasteiger partial charge is 0.353 e. The van der Waals surface area contributed by atoms with Crippen LogP contribution in [-0.2, 0) is 16.1 Å². The molecule has 8 nitrogen and oxygen atoms in total. The highest BCUT2D eigenvalue weighted by Gasteiger charge is 2.30. The average molecular weight is 431 g/mol. The fraction of sp³-hybridized carbons (Fsp3) is 0.333. The Balaban J connectivity index is 1.25. The number of hydrogen-bond acceptors (Lipinski definition) is 5. The molecule has 0 bridgehead atoms. The van der Waals surface area contributed by atoms with Crippen molar-refractivity contribution < 1.29 is 14.4 Å². The Labute approximate surface area is 186 Å². The van der Waals surface area contributed by atoms with E-state index in [-0.39, 0.29) is 24.3 Å². The van der Waals surface area contributed by atoms with Gasteiger partial charge in [-0.25, -0.2) is 0 Å². The van der Waals surface area contributed by atoms with Crippen molar-refractivity contribution >= 4 is 23.4 Å². The first-order valence-corrected chi connectivity index (χ1v) is 10.7. The van der Waals surface area contributed by atoms with E-state index in [2.05, 4.69) is 26.9 Å². The van der Waals surface area contributed by atoms with Gasteiger partial charge in [-0.2, -0.15) is 5.26 Å². The van der Waals surface area contributed by atoms with Crippen LogP contribution in [0.2, 0.25) is 0 Å². The topological polar surface area (TPSA) is 114 Å². The van der Waals surface area contributed by atoms with Gasteiger partial charge in [-0.15, -0.1) is 0 Å². The molecule has 4 rings (SSSR count). The molecule has 2 aliphatic rings. The van der Waals surface area contributed by atoms with E-state index < -0.39 is 11.9 Å². The van der Waals surface area contributed by atoms with Gasteiger partial charge in [0.05, 0.1) is 29.3 Å². The van der Waals surface area contributed by atoms with Gasteiger partial charge >= 0.3 is 0 Å². The van der Waals surface area contributed by atoms with Crippen LogP contribution < -0.4 is 16.0 Å². The maximum atomic E-state index is 12.6. The van der Waals surface area contributed by atoms with Gasteiger partial charge in [-0.3, -0.25) is 19.3 Å². The Morgan fingerprint density at radius 2 is 1.81 bits per heavy atom. The highest BCUT2D eigenvalue weighted by molar-refractivity contribution is 6.10. The van der Waals surface area contributed by atoms with Crippen molar-refractivity contribution in [3.63, 3.8) is 0 Å². The lowest BCUT2D eigenvalue weighted by Gasteiger charge is -2.32. The summed E-state index contributed by atoms with van der Waals surface area (Å²) in [5.41, 5.74) is 2.64. The molecule has 2 aliphatic heterocycles. The number of anilines is 1. The van der Waals surface area contributed by atoms with Gasteiger partial charge in [0.15, 0.2) is 0 Å². The third kappa shape index (κ3) is 5.13. The number of rotatable bonds is 5. The summed E-state index contributed by atoms with van der Waals surface area (Å²) in [4.78, 5) is 39.8. The second-order valence-corrected chi connectivity index (χ2v) is 8.19. The first-order chi connectivity index (χ1) is 15.5. The molecule has 0 unspecified atom stereocenters. The smallest absolute Gasteiger partial charge is 0.254 e. The van der Waals surface area contributed by atoms with E-state index in [1.54, 1.807) is 24.3 Å². The molecule has 0 radical (unpaired) electrons. The van der Waals surface area contributed by atoms with Crippen LogP contribution in [0.5, 0.6) is 0 Å². The molecule has 2 aromatic rings. The van der Waals surface area contributed by atoms with Crippen molar-refractivity contribution in [2.45, 2.75) is 37.9 Å². The zero-order valence-electron chi connectivity index (χ0n) is 17.6. The number of nitriles is 1. The van der Waals surface area contributed by atoms with E-state index in [4.69, 9.17) is 5.26 Å². The number of hydrogen-bond donors (Lipinski definition) is 3. The molecule has 0 spiro atoms. The summed E-state index contributed by atoms with van der Waals surface area (Å²) in [6, 6.07) is 15.6. The summed E-state index contributed by atoms with van der Waals surface area (Å²) in [7, 11) is 0. The Morgan fingerprint density at radius 3 is 2.53 bits per heavy atom. The minimum atomic E-state index is -0.911. The number of carbonyl (C=O) groups excluding carboxylic acids is 3. The maximum Gasteiger partial charge on any atom is 0.254 e. The van der Waals surface area contributed by atoms with E-state index in [0.717, 1.165) is 38.0 Å². The third-order valence-corrected chi connectivity index (χ3v) is 5.88. The van der Waals surface area contributed by atoms with Crippen molar-refractivity contribution in [3.05, 3.63) is 65.2 Å². The van der Waals surface area contributed by atoms with Crippen molar-refractivity contribution in [2.75, 3.05) is 18.4 Å². The predicted molar refractivity (Wildman–Crippen MR) is 119 cm³/mol. The van der Waals surface area contributed by atoms with E-state index >= 15 is 0 Å². The van der Waals surface area contributed by atoms with E-state index in [1.807, 2.05) is 24.3 Å². The van der Waals surface area contributed by atoms with Crippen LogP contribution in [-0.4, -0.2) is 47.8 Å². The van der Waals surface area contributed by atoms with Crippen LogP contribution in [0.15, 0.2) is 48.5 Å². The minimum absolute atomic E-state index is 0.0430. The molecule has 1 saturated heterocycles. The summed E-state index contributed by atoms with van der Waals surface area (Å²) in [6.07, 6.45) is 1.53. The number of nitrogens with one attached hydrogen (secondary N) is 3. The molecular weight excluding hydrogens is 406 g/mol. The zero-order chi connectivity index (χ0) is 22.5. The summed E-state index contributed by atoms with van der Waals surface area (Å²) in [5, 5.41) is 17.3. The fourth-order valence-electron chi connectivity index (χ4n) is 4.11. The SMILES string of the molecule is N#Cc1ccc(CN2CCC(NC(=O)C[C@@H]3NC(=O)c4ccccc4NC3=O)CC2)cc1. The molecular formula is C24H25N5O3. The van der Waals surface area contributed by atoms with Crippen LogP contribution in [0.4, 0.5) is 5.69 Å². The van der Waals surface area contributed by atoms with E-state index in [0.29, 0.717) is 16.8 Å². The van der Waals surface area contributed by atoms with Gasteiger partial charge in [0.25, 0.3) is 5.91 Å². The number of carbonyl (C=O) groups is 3. The Hall–Kier alpha value is -3.70. The monoisotopic (exact) mass is 431 g/mol. The molecule has 1 atom stereocenters. The number of benzene rings is 2. The summed E-state index contributed by atoms with van der Waals surface area (Å²) < 4.78 is 0. The molecule has 164 valence electrons. The molecule has 0 aliphatic carbocycles. The fourth-order valence-corrected chi connectivity index (χ4v) is 4.11. The Kier molecular flexibility index (Phi) is 6.47. The van der Waals surface area contributed by atoms with Crippen molar-refractivity contribution in [3.8, 4) is 6.07 Å². The second-order valence-electron chi connectivity index (χ2n) is 8.19. The molecule has 0 aromatic heterocycles. The summed E-state index contributed by atoms with van der Waals surface area (Å²) >= 11 is 0. The summed E-state index contributed by atoms with van der Waals surface area (Å²) in [5.74, 6) is -1.01. The van der Waals surface area contributed by atoms with Crippen LogP contribution in [0.3, 0.4) is 0 Å². The number of amides is 3. The quantitative estimate of drug-likeness (QED) is 0.668. The van der Waals surface area contributed by atoms with Gasteiger partial charge in [-0.05, 0) is 42.7 Å². The first-order valence-electron chi connectivity index (χ1n) is 10.7. The first kappa shape index (κ1) is 21.5. The van der Waals surface area contributed by atoms with Crippen LogP contribution >= 0.6 is 0 Å². The molecule has 0 saturated carbocycles. The number of para-hydroxylation sites is 1. The van der Waals surface area contributed by atoms with Crippen LogP contribution in [0, 0.1) is 11.3 Å². The lowest BCUT2D eigenvalue weighted by atomic mass is 10.0. The minimum Gasteiger partial charge on any atom is -0.353 e. The standard InChI is InChI=1S/C24H25N5O3/c25-14-16-5-7-17(8-6-16)15-29-11-9-18(10-12-29)26-22(30)13-21-24(32)27-20-4-2-1-3-19(20)23(31)28-21/h1-8,18,21H,9-13,15H2,(H,26,30)(H,27,32)(H,28,31)/t21-/m0/s1. The average Bonchev–Trinajstić information content (AvgIpc) is 2.91. The molecule has 3 N–H and O–H groups in total. The third-order valence-electron chi connectivity index (χ3n) is 5.88. The van der Waals surface area contributed by atoms with Crippen molar-refractivity contribution in [1.29, 1.82) is 5.26 Å². The summed E-state index contributed by atoms with van der Waals surface area (Å²) in [6.45, 7) is 2.50. The lowest BCUT2D eigenvalue weighted by Crippen LogP contribution is -2.48. The Morgan fingerprint density at radius 1 is 1.09 bits per heavy atom. The lowest BCUT2D eigenvalue weighted by molar-refractivity contribution is -0.126. The number of piperidine rings is 1. The molecule has 1 fully saturated rings. The maximum absolute atomic E-state index is 12.6. The highest BCUT2D eigenvalue weighted by atomic mass is 16.2. The normalized spacial score (nSPS) is 19.2. The number of fused-ring (bicyclic) bond motifs is 1.